The zero-order valence-corrected chi connectivity index (χ0v) is 13.4. The van der Waals surface area contributed by atoms with E-state index in [1.54, 1.807) is 25.1 Å². The Kier molecular flexibility index (Phi) is 4.43. The largest absolute Gasteiger partial charge is 0.485 e. The molecule has 2 heterocycles. The van der Waals surface area contributed by atoms with Gasteiger partial charge < -0.3 is 9.47 Å². The second-order valence-electron chi connectivity index (χ2n) is 4.96. The Labute approximate surface area is 140 Å². The van der Waals surface area contributed by atoms with Crippen molar-refractivity contribution in [2.24, 2.45) is 5.10 Å². The Morgan fingerprint density at radius 1 is 1.42 bits per heavy atom. The van der Waals surface area contributed by atoms with Crippen LogP contribution in [0.4, 0.5) is 5.69 Å². The molecule has 1 amide bonds. The van der Waals surface area contributed by atoms with Gasteiger partial charge in [-0.05, 0) is 19.1 Å². The first kappa shape index (κ1) is 15.9. The molecule has 1 aromatic carbocycles. The number of para-hydroxylation sites is 2. The topological polar surface area (TPSA) is 103 Å². The van der Waals surface area contributed by atoms with Crippen LogP contribution in [0, 0.1) is 10.1 Å². The number of amides is 1. The molecule has 0 unspecified atom stereocenters. The quantitative estimate of drug-likeness (QED) is 0.519. The maximum absolute atomic E-state index is 12.1. The summed E-state index contributed by atoms with van der Waals surface area (Å²) < 4.78 is 11.0. The summed E-state index contributed by atoms with van der Waals surface area (Å²) in [5.74, 6) is 0.639. The second kappa shape index (κ2) is 6.67. The molecule has 124 valence electrons. The predicted molar refractivity (Wildman–Crippen MR) is 87.7 cm³/mol. The zero-order valence-electron chi connectivity index (χ0n) is 12.6. The lowest BCUT2D eigenvalue weighted by Crippen LogP contribution is -2.42. The number of hydrazone groups is 1. The summed E-state index contributed by atoms with van der Waals surface area (Å²) in [5, 5.41) is 16.1. The van der Waals surface area contributed by atoms with Crippen molar-refractivity contribution in [2.75, 3.05) is 6.61 Å². The molecule has 0 radical (unpaired) electrons. The molecule has 1 atom stereocenters. The van der Waals surface area contributed by atoms with E-state index in [-0.39, 0.29) is 12.3 Å². The Morgan fingerprint density at radius 3 is 2.88 bits per heavy atom. The predicted octanol–water partition coefficient (Wildman–Crippen LogP) is 2.34. The molecule has 1 N–H and O–H groups in total. The molecule has 3 rings (SSSR count). The van der Waals surface area contributed by atoms with Crippen molar-refractivity contribution >= 4 is 28.6 Å². The van der Waals surface area contributed by atoms with Crippen LogP contribution in [-0.2, 0) is 4.79 Å². The lowest BCUT2D eigenvalue weighted by molar-refractivity contribution is -0.384. The van der Waals surface area contributed by atoms with Gasteiger partial charge in [-0.2, -0.15) is 5.10 Å². The van der Waals surface area contributed by atoms with Gasteiger partial charge in [-0.1, -0.05) is 12.1 Å². The van der Waals surface area contributed by atoms with Gasteiger partial charge in [-0.25, -0.2) is 5.43 Å². The van der Waals surface area contributed by atoms with E-state index in [0.29, 0.717) is 22.1 Å². The molecule has 0 spiro atoms. The summed E-state index contributed by atoms with van der Waals surface area (Å²) in [5.41, 5.74) is 2.87. The fraction of sp³-hybridized carbons (Fsp3) is 0.200. The van der Waals surface area contributed by atoms with Crippen molar-refractivity contribution in [3.8, 4) is 11.5 Å². The number of nitrogens with one attached hydrogen (secondary N) is 1. The summed E-state index contributed by atoms with van der Waals surface area (Å²) >= 11 is 1.18. The molecule has 24 heavy (non-hydrogen) atoms. The van der Waals surface area contributed by atoms with E-state index in [0.717, 1.165) is 0 Å². The first-order valence-electron chi connectivity index (χ1n) is 7.00. The van der Waals surface area contributed by atoms with E-state index < -0.39 is 16.9 Å². The van der Waals surface area contributed by atoms with Gasteiger partial charge in [0.1, 0.15) is 6.61 Å². The monoisotopic (exact) mass is 347 g/mol. The highest BCUT2D eigenvalue weighted by atomic mass is 32.1. The number of thiophene rings is 1. The molecule has 1 aliphatic heterocycles. The molecule has 9 heteroatoms. The molecule has 0 bridgehead atoms. The van der Waals surface area contributed by atoms with Gasteiger partial charge in [-0.3, -0.25) is 14.9 Å². The van der Waals surface area contributed by atoms with Gasteiger partial charge >= 0.3 is 0 Å². The van der Waals surface area contributed by atoms with E-state index >= 15 is 0 Å². The fourth-order valence-electron chi connectivity index (χ4n) is 2.03. The third-order valence-electron chi connectivity index (χ3n) is 3.29. The van der Waals surface area contributed by atoms with Crippen LogP contribution >= 0.6 is 11.3 Å². The SMILES string of the molecule is C/C(=N\NC(=O)[C@@H]1COc2ccccc2O1)c1cc([N+](=O)[O-])cs1. The third kappa shape index (κ3) is 3.35. The number of ether oxygens (including phenoxy) is 2. The van der Waals surface area contributed by atoms with E-state index in [1.807, 2.05) is 6.07 Å². The van der Waals surface area contributed by atoms with Crippen LogP contribution in [0.5, 0.6) is 11.5 Å². The Hall–Kier alpha value is -2.94. The number of nitrogens with zero attached hydrogens (tertiary/aromatic N) is 2. The molecular formula is C15H13N3O5S. The van der Waals surface area contributed by atoms with Gasteiger partial charge in [0.15, 0.2) is 11.5 Å². The summed E-state index contributed by atoms with van der Waals surface area (Å²) in [4.78, 5) is 22.9. The number of benzene rings is 1. The molecule has 1 aromatic heterocycles. The molecule has 8 nitrogen and oxygen atoms in total. The van der Waals surface area contributed by atoms with Crippen LogP contribution in [0.15, 0.2) is 40.8 Å². The smallest absolute Gasteiger partial charge is 0.284 e. The second-order valence-corrected chi connectivity index (χ2v) is 5.87. The minimum absolute atomic E-state index is 0.00324. The minimum Gasteiger partial charge on any atom is -0.485 e. The lowest BCUT2D eigenvalue weighted by atomic mass is 10.2. The highest BCUT2D eigenvalue weighted by Crippen LogP contribution is 2.30. The van der Waals surface area contributed by atoms with Gasteiger partial charge in [0.05, 0.1) is 20.9 Å². The van der Waals surface area contributed by atoms with Crippen LogP contribution < -0.4 is 14.9 Å². The fourth-order valence-corrected chi connectivity index (χ4v) is 2.83. The number of hydrogen-bond donors (Lipinski definition) is 1. The van der Waals surface area contributed by atoms with Gasteiger partial charge in [0.2, 0.25) is 6.10 Å². The zero-order chi connectivity index (χ0) is 17.1. The standard InChI is InChI=1S/C15H13N3O5S/c1-9(14-6-10(8-24-14)18(20)21)16-17-15(19)13-7-22-11-4-2-3-5-12(11)23-13/h2-6,8,13H,7H2,1H3,(H,17,19)/b16-9+/t13-/m0/s1. The average Bonchev–Trinajstić information content (AvgIpc) is 3.09. The summed E-state index contributed by atoms with van der Waals surface area (Å²) in [6.07, 6.45) is -0.811. The minimum atomic E-state index is -0.811. The highest BCUT2D eigenvalue weighted by Gasteiger charge is 2.27. The molecule has 0 fully saturated rings. The number of hydrogen-bond acceptors (Lipinski definition) is 7. The number of fused-ring (bicyclic) bond motifs is 1. The molecular weight excluding hydrogens is 334 g/mol. The molecule has 0 saturated carbocycles. The van der Waals surface area contributed by atoms with Crippen molar-refractivity contribution in [2.45, 2.75) is 13.0 Å². The molecule has 1 aliphatic rings. The van der Waals surface area contributed by atoms with E-state index in [4.69, 9.17) is 9.47 Å². The maximum atomic E-state index is 12.1. The average molecular weight is 347 g/mol. The van der Waals surface area contributed by atoms with Crippen molar-refractivity contribution in [3.05, 3.63) is 50.7 Å². The molecule has 0 saturated heterocycles. The van der Waals surface area contributed by atoms with E-state index in [9.17, 15) is 14.9 Å². The first-order valence-corrected chi connectivity index (χ1v) is 7.88. The van der Waals surface area contributed by atoms with Gasteiger partial charge in [0.25, 0.3) is 11.6 Å². The number of rotatable bonds is 4. The number of carbonyl (C=O) groups excluding carboxylic acids is 1. The summed E-state index contributed by atoms with van der Waals surface area (Å²) in [6, 6.07) is 8.49. The third-order valence-corrected chi connectivity index (χ3v) is 4.31. The van der Waals surface area contributed by atoms with E-state index in [1.165, 1.54) is 22.8 Å². The van der Waals surface area contributed by atoms with Crippen molar-refractivity contribution in [1.29, 1.82) is 0 Å². The first-order chi connectivity index (χ1) is 11.5. The number of carbonyl (C=O) groups is 1. The Bertz CT molecular complexity index is 817. The summed E-state index contributed by atoms with van der Waals surface area (Å²) in [6.45, 7) is 1.74. The van der Waals surface area contributed by atoms with Crippen molar-refractivity contribution < 1.29 is 19.2 Å². The molecule has 2 aromatic rings. The normalized spacial score (nSPS) is 16.5. The van der Waals surface area contributed by atoms with Crippen molar-refractivity contribution in [1.82, 2.24) is 5.43 Å². The van der Waals surface area contributed by atoms with Crippen LogP contribution in [0.2, 0.25) is 0 Å². The maximum Gasteiger partial charge on any atom is 0.284 e. The van der Waals surface area contributed by atoms with E-state index in [2.05, 4.69) is 10.5 Å². The number of nitro groups is 1. The van der Waals surface area contributed by atoms with Crippen molar-refractivity contribution in [3.63, 3.8) is 0 Å². The van der Waals surface area contributed by atoms with Crippen LogP contribution in [0.3, 0.4) is 0 Å². The van der Waals surface area contributed by atoms with Crippen LogP contribution in [0.1, 0.15) is 11.8 Å². The summed E-state index contributed by atoms with van der Waals surface area (Å²) in [7, 11) is 0. The van der Waals surface area contributed by atoms with Gasteiger partial charge in [-0.15, -0.1) is 11.3 Å². The van der Waals surface area contributed by atoms with Gasteiger partial charge in [0, 0.05) is 6.07 Å². The Balaban J connectivity index is 1.63. The Morgan fingerprint density at radius 2 is 2.17 bits per heavy atom. The molecule has 0 aliphatic carbocycles. The van der Waals surface area contributed by atoms with Crippen LogP contribution in [-0.4, -0.2) is 29.3 Å². The van der Waals surface area contributed by atoms with Crippen LogP contribution in [0.25, 0.3) is 0 Å². The highest BCUT2D eigenvalue weighted by molar-refractivity contribution is 7.12. The lowest BCUT2D eigenvalue weighted by Gasteiger charge is -2.24.